The summed E-state index contributed by atoms with van der Waals surface area (Å²) < 4.78 is 0. The van der Waals surface area contributed by atoms with Crippen molar-refractivity contribution >= 4 is 5.91 Å². The van der Waals surface area contributed by atoms with Crippen molar-refractivity contribution in [2.75, 3.05) is 6.54 Å². The lowest BCUT2D eigenvalue weighted by atomic mass is 10.0. The Bertz CT molecular complexity index is 213. The summed E-state index contributed by atoms with van der Waals surface area (Å²) in [6.07, 6.45) is 2.17. The maximum Gasteiger partial charge on any atom is 0.234 e. The molecule has 1 fully saturated rings. The summed E-state index contributed by atoms with van der Waals surface area (Å²) in [5, 5.41) is 6.24. The molecule has 3 nitrogen and oxygen atoms in total. The largest absolute Gasteiger partial charge is 0.350 e. The van der Waals surface area contributed by atoms with Crippen molar-refractivity contribution in [3.8, 4) is 0 Å². The van der Waals surface area contributed by atoms with Crippen LogP contribution in [-0.4, -0.2) is 24.0 Å². The van der Waals surface area contributed by atoms with Crippen LogP contribution in [0, 0.1) is 5.92 Å². The van der Waals surface area contributed by atoms with Crippen LogP contribution in [-0.2, 0) is 4.79 Å². The Morgan fingerprint density at radius 1 is 1.50 bits per heavy atom. The van der Waals surface area contributed by atoms with E-state index in [-0.39, 0.29) is 11.4 Å². The summed E-state index contributed by atoms with van der Waals surface area (Å²) in [6, 6.07) is 0.575. The highest BCUT2D eigenvalue weighted by Gasteiger charge is 2.32. The molecule has 0 spiro atoms. The van der Waals surface area contributed by atoms with Crippen molar-refractivity contribution in [2.45, 2.75) is 52.1 Å². The molecule has 1 aliphatic rings. The fraction of sp³-hybridized carbons (Fsp3) is 0.909. The lowest BCUT2D eigenvalue weighted by molar-refractivity contribution is -0.121. The zero-order valence-corrected chi connectivity index (χ0v) is 9.68. The Morgan fingerprint density at radius 2 is 2.07 bits per heavy atom. The van der Waals surface area contributed by atoms with Crippen molar-refractivity contribution < 1.29 is 4.79 Å². The molecule has 2 unspecified atom stereocenters. The van der Waals surface area contributed by atoms with Gasteiger partial charge in [0.05, 0.1) is 6.54 Å². The number of rotatable bonds is 5. The van der Waals surface area contributed by atoms with E-state index in [1.54, 1.807) is 0 Å². The molecule has 14 heavy (non-hydrogen) atoms. The predicted molar refractivity (Wildman–Crippen MR) is 58.1 cm³/mol. The summed E-state index contributed by atoms with van der Waals surface area (Å²) in [4.78, 5) is 11.5. The van der Waals surface area contributed by atoms with Gasteiger partial charge in [-0.3, -0.25) is 4.79 Å². The van der Waals surface area contributed by atoms with E-state index in [0.717, 1.165) is 12.3 Å². The van der Waals surface area contributed by atoms with E-state index in [0.29, 0.717) is 12.6 Å². The molecule has 2 N–H and O–H groups in total. The smallest absolute Gasteiger partial charge is 0.234 e. The molecule has 1 saturated carbocycles. The third kappa shape index (κ3) is 3.66. The molecule has 3 heteroatoms. The first-order valence-corrected chi connectivity index (χ1v) is 5.49. The van der Waals surface area contributed by atoms with Gasteiger partial charge in [-0.25, -0.2) is 0 Å². The Morgan fingerprint density at radius 3 is 2.50 bits per heavy atom. The number of carbonyl (C=O) groups is 1. The number of hydrogen-bond acceptors (Lipinski definition) is 2. The standard InChI is InChI=1S/C11H22N2O/c1-5-11(3,4)13-10(14)7-12-9-6-8(9)2/h8-9,12H,5-7H2,1-4H3,(H,13,14). The average Bonchev–Trinajstić information content (AvgIpc) is 2.78. The Kier molecular flexibility index (Phi) is 3.53. The highest BCUT2D eigenvalue weighted by molar-refractivity contribution is 5.78. The van der Waals surface area contributed by atoms with Crippen LogP contribution in [0.3, 0.4) is 0 Å². The van der Waals surface area contributed by atoms with Crippen molar-refractivity contribution in [1.29, 1.82) is 0 Å². The second kappa shape index (κ2) is 4.30. The van der Waals surface area contributed by atoms with Gasteiger partial charge in [-0.1, -0.05) is 13.8 Å². The Labute approximate surface area is 86.6 Å². The molecular formula is C11H22N2O. The number of hydrogen-bond donors (Lipinski definition) is 2. The SMILES string of the molecule is CCC(C)(C)NC(=O)CNC1CC1C. The minimum absolute atomic E-state index is 0.0755. The third-order valence-electron chi connectivity index (χ3n) is 3.00. The molecule has 0 aromatic carbocycles. The van der Waals surface area contributed by atoms with Crippen molar-refractivity contribution in [3.63, 3.8) is 0 Å². The van der Waals surface area contributed by atoms with Crippen LogP contribution in [0.2, 0.25) is 0 Å². The van der Waals surface area contributed by atoms with Gasteiger partial charge < -0.3 is 10.6 Å². The van der Waals surface area contributed by atoms with E-state index in [4.69, 9.17) is 0 Å². The maximum atomic E-state index is 11.5. The minimum Gasteiger partial charge on any atom is -0.350 e. The first-order valence-electron chi connectivity index (χ1n) is 5.49. The van der Waals surface area contributed by atoms with Gasteiger partial charge in [-0.05, 0) is 32.6 Å². The van der Waals surface area contributed by atoms with Crippen molar-refractivity contribution in [2.24, 2.45) is 5.92 Å². The van der Waals surface area contributed by atoms with E-state index in [9.17, 15) is 4.79 Å². The summed E-state index contributed by atoms with van der Waals surface area (Å²) in [6.45, 7) is 8.83. The fourth-order valence-electron chi connectivity index (χ4n) is 1.34. The van der Waals surface area contributed by atoms with Gasteiger partial charge in [0, 0.05) is 11.6 Å². The van der Waals surface area contributed by atoms with E-state index < -0.39 is 0 Å². The average molecular weight is 198 g/mol. The molecule has 1 rings (SSSR count). The molecule has 0 aromatic heterocycles. The van der Waals surface area contributed by atoms with Gasteiger partial charge >= 0.3 is 0 Å². The summed E-state index contributed by atoms with van der Waals surface area (Å²) in [5.41, 5.74) is -0.0755. The topological polar surface area (TPSA) is 41.1 Å². The van der Waals surface area contributed by atoms with E-state index in [2.05, 4.69) is 24.5 Å². The van der Waals surface area contributed by atoms with Gasteiger partial charge in [-0.2, -0.15) is 0 Å². The third-order valence-corrected chi connectivity index (χ3v) is 3.00. The van der Waals surface area contributed by atoms with Gasteiger partial charge in [0.2, 0.25) is 5.91 Å². The molecule has 1 aliphatic carbocycles. The first-order chi connectivity index (χ1) is 6.44. The second-order valence-electron chi connectivity index (χ2n) is 4.99. The predicted octanol–water partition coefficient (Wildman–Crippen LogP) is 1.29. The normalized spacial score (nSPS) is 26.0. The molecule has 2 atom stereocenters. The van der Waals surface area contributed by atoms with Crippen molar-refractivity contribution in [3.05, 3.63) is 0 Å². The first kappa shape index (κ1) is 11.5. The van der Waals surface area contributed by atoms with Gasteiger partial charge in [-0.15, -0.1) is 0 Å². The highest BCUT2D eigenvalue weighted by atomic mass is 16.2. The van der Waals surface area contributed by atoms with Gasteiger partial charge in [0.1, 0.15) is 0 Å². The zero-order valence-electron chi connectivity index (χ0n) is 9.68. The summed E-state index contributed by atoms with van der Waals surface area (Å²) >= 11 is 0. The van der Waals surface area contributed by atoms with E-state index in [1.807, 2.05) is 13.8 Å². The monoisotopic (exact) mass is 198 g/mol. The van der Waals surface area contributed by atoms with Crippen LogP contribution in [0.5, 0.6) is 0 Å². The van der Waals surface area contributed by atoms with Crippen LogP contribution in [0.15, 0.2) is 0 Å². The van der Waals surface area contributed by atoms with Crippen LogP contribution in [0.4, 0.5) is 0 Å². The molecule has 0 radical (unpaired) electrons. The molecule has 0 aromatic rings. The molecule has 0 heterocycles. The van der Waals surface area contributed by atoms with Gasteiger partial charge in [0.15, 0.2) is 0 Å². The van der Waals surface area contributed by atoms with Crippen LogP contribution in [0.1, 0.15) is 40.5 Å². The summed E-state index contributed by atoms with van der Waals surface area (Å²) in [7, 11) is 0. The van der Waals surface area contributed by atoms with Crippen LogP contribution in [0.25, 0.3) is 0 Å². The summed E-state index contributed by atoms with van der Waals surface area (Å²) in [5.74, 6) is 0.859. The second-order valence-corrected chi connectivity index (χ2v) is 4.99. The van der Waals surface area contributed by atoms with Crippen LogP contribution >= 0.6 is 0 Å². The number of carbonyl (C=O) groups excluding carboxylic acids is 1. The lowest BCUT2D eigenvalue weighted by Gasteiger charge is -2.24. The fourth-order valence-corrected chi connectivity index (χ4v) is 1.34. The number of nitrogens with one attached hydrogen (secondary N) is 2. The number of amides is 1. The minimum atomic E-state index is -0.0755. The lowest BCUT2D eigenvalue weighted by Crippen LogP contribution is -2.46. The van der Waals surface area contributed by atoms with Gasteiger partial charge in [0.25, 0.3) is 0 Å². The highest BCUT2D eigenvalue weighted by Crippen LogP contribution is 2.28. The van der Waals surface area contributed by atoms with E-state index in [1.165, 1.54) is 6.42 Å². The Balaban J connectivity index is 2.15. The molecule has 0 bridgehead atoms. The van der Waals surface area contributed by atoms with E-state index >= 15 is 0 Å². The molecular weight excluding hydrogens is 176 g/mol. The molecule has 1 amide bonds. The maximum absolute atomic E-state index is 11.5. The Hall–Kier alpha value is -0.570. The quantitative estimate of drug-likeness (QED) is 0.699. The van der Waals surface area contributed by atoms with Crippen LogP contribution < -0.4 is 10.6 Å². The molecule has 0 aliphatic heterocycles. The zero-order chi connectivity index (χ0) is 10.8. The molecule has 0 saturated heterocycles. The molecule has 82 valence electrons. The van der Waals surface area contributed by atoms with Crippen molar-refractivity contribution in [1.82, 2.24) is 10.6 Å².